The Hall–Kier alpha value is -1.06. The first-order valence-electron chi connectivity index (χ1n) is 5.66. The van der Waals surface area contributed by atoms with Gasteiger partial charge in [0.1, 0.15) is 12.1 Å². The lowest BCUT2D eigenvalue weighted by atomic mass is 10.0. The van der Waals surface area contributed by atoms with Crippen LogP contribution in [0.25, 0.3) is 0 Å². The molecular formula is C11H18N2O2. The van der Waals surface area contributed by atoms with Crippen LogP contribution in [-0.2, 0) is 9.59 Å². The molecule has 4 nitrogen and oxygen atoms in total. The summed E-state index contributed by atoms with van der Waals surface area (Å²) in [6.07, 6.45) is 1.79. The Bertz CT molecular complexity index is 301. The number of amides is 2. The monoisotopic (exact) mass is 210 g/mol. The zero-order valence-electron chi connectivity index (χ0n) is 9.56. The van der Waals surface area contributed by atoms with Crippen LogP contribution in [0.5, 0.6) is 0 Å². The van der Waals surface area contributed by atoms with Crippen molar-refractivity contribution in [2.24, 2.45) is 0 Å². The maximum absolute atomic E-state index is 12.1. The van der Waals surface area contributed by atoms with E-state index in [0.29, 0.717) is 0 Å². The van der Waals surface area contributed by atoms with Gasteiger partial charge in [-0.1, -0.05) is 0 Å². The maximum atomic E-state index is 12.1. The molecule has 2 rings (SSSR count). The average Bonchev–Trinajstić information content (AvgIpc) is 2.62. The minimum atomic E-state index is -0.285. The lowest BCUT2D eigenvalue weighted by Crippen LogP contribution is -2.63. The minimum absolute atomic E-state index is 0.110. The Kier molecular flexibility index (Phi) is 2.44. The zero-order valence-corrected chi connectivity index (χ0v) is 9.56. The minimum Gasteiger partial charge on any atom is -0.329 e. The molecule has 2 amide bonds. The fraction of sp³-hybridized carbons (Fsp3) is 0.818. The summed E-state index contributed by atoms with van der Waals surface area (Å²) in [5, 5.41) is 0. The van der Waals surface area contributed by atoms with Crippen molar-refractivity contribution in [1.82, 2.24) is 9.80 Å². The van der Waals surface area contributed by atoms with Crippen LogP contribution in [0.3, 0.4) is 0 Å². The molecule has 0 aromatic heterocycles. The molecule has 4 heteroatoms. The Labute approximate surface area is 90.2 Å². The van der Waals surface area contributed by atoms with E-state index in [4.69, 9.17) is 0 Å². The summed E-state index contributed by atoms with van der Waals surface area (Å²) in [6.45, 7) is 6.51. The highest BCUT2D eigenvalue weighted by Crippen LogP contribution is 2.27. The van der Waals surface area contributed by atoms with E-state index >= 15 is 0 Å². The number of rotatable bonds is 1. The molecule has 2 unspecified atom stereocenters. The Morgan fingerprint density at radius 1 is 1.27 bits per heavy atom. The third kappa shape index (κ3) is 1.43. The molecule has 0 radical (unpaired) electrons. The lowest BCUT2D eigenvalue weighted by Gasteiger charge is -2.43. The average molecular weight is 210 g/mol. The highest BCUT2D eigenvalue weighted by molar-refractivity contribution is 5.97. The van der Waals surface area contributed by atoms with E-state index in [9.17, 15) is 9.59 Å². The standard InChI is InChI=1S/C11H18N2O2/c1-7(2)13-8(3)10(14)12-6-4-5-9(12)11(13)15/h7-9H,4-6H2,1-3H3. The molecule has 84 valence electrons. The van der Waals surface area contributed by atoms with E-state index in [0.717, 1.165) is 19.4 Å². The Morgan fingerprint density at radius 3 is 2.53 bits per heavy atom. The summed E-state index contributed by atoms with van der Waals surface area (Å²) in [4.78, 5) is 27.6. The van der Waals surface area contributed by atoms with Crippen LogP contribution in [0, 0.1) is 0 Å². The fourth-order valence-electron chi connectivity index (χ4n) is 2.71. The van der Waals surface area contributed by atoms with Crippen LogP contribution >= 0.6 is 0 Å². The molecule has 0 spiro atoms. The first-order valence-corrected chi connectivity index (χ1v) is 5.66. The summed E-state index contributed by atoms with van der Waals surface area (Å²) >= 11 is 0. The molecule has 2 heterocycles. The highest BCUT2D eigenvalue weighted by atomic mass is 16.2. The number of carbonyl (C=O) groups is 2. The van der Waals surface area contributed by atoms with Crippen molar-refractivity contribution in [2.45, 2.75) is 51.7 Å². The van der Waals surface area contributed by atoms with Gasteiger partial charge >= 0.3 is 0 Å². The molecule has 2 aliphatic heterocycles. The quantitative estimate of drug-likeness (QED) is 0.636. The van der Waals surface area contributed by atoms with Crippen molar-refractivity contribution in [2.75, 3.05) is 6.54 Å². The zero-order chi connectivity index (χ0) is 11.2. The van der Waals surface area contributed by atoms with E-state index in [1.807, 2.05) is 20.8 Å². The van der Waals surface area contributed by atoms with Crippen LogP contribution in [0.4, 0.5) is 0 Å². The van der Waals surface area contributed by atoms with Gasteiger partial charge in [-0.3, -0.25) is 9.59 Å². The van der Waals surface area contributed by atoms with Gasteiger partial charge in [-0.15, -0.1) is 0 Å². The summed E-state index contributed by atoms with van der Waals surface area (Å²) in [5.41, 5.74) is 0. The molecule has 0 N–H and O–H groups in total. The highest BCUT2D eigenvalue weighted by Gasteiger charge is 2.46. The van der Waals surface area contributed by atoms with Crippen LogP contribution < -0.4 is 0 Å². The topological polar surface area (TPSA) is 40.6 Å². The predicted octanol–water partition coefficient (Wildman–Crippen LogP) is 0.616. The van der Waals surface area contributed by atoms with Gasteiger partial charge in [-0.25, -0.2) is 0 Å². The lowest BCUT2D eigenvalue weighted by molar-refractivity contribution is -0.160. The number of fused-ring (bicyclic) bond motifs is 1. The van der Waals surface area contributed by atoms with Crippen LogP contribution in [0.2, 0.25) is 0 Å². The number of nitrogens with zero attached hydrogens (tertiary/aromatic N) is 2. The van der Waals surface area contributed by atoms with Crippen molar-refractivity contribution >= 4 is 11.8 Å². The molecule has 0 aromatic carbocycles. The molecule has 15 heavy (non-hydrogen) atoms. The van der Waals surface area contributed by atoms with Gasteiger partial charge in [0, 0.05) is 12.6 Å². The second-order valence-corrected chi connectivity index (χ2v) is 4.70. The Morgan fingerprint density at radius 2 is 1.93 bits per heavy atom. The van der Waals surface area contributed by atoms with Gasteiger partial charge < -0.3 is 9.80 Å². The molecule has 2 aliphatic rings. The third-order valence-corrected chi connectivity index (χ3v) is 3.41. The van der Waals surface area contributed by atoms with Crippen molar-refractivity contribution in [3.8, 4) is 0 Å². The molecule has 0 bridgehead atoms. The molecule has 2 fully saturated rings. The van der Waals surface area contributed by atoms with Crippen LogP contribution in [0.15, 0.2) is 0 Å². The van der Waals surface area contributed by atoms with Gasteiger partial charge in [-0.2, -0.15) is 0 Å². The van der Waals surface area contributed by atoms with Crippen molar-refractivity contribution < 1.29 is 9.59 Å². The fourth-order valence-corrected chi connectivity index (χ4v) is 2.71. The summed E-state index contributed by atoms with van der Waals surface area (Å²) in [7, 11) is 0. The van der Waals surface area contributed by atoms with E-state index in [1.54, 1.807) is 9.80 Å². The molecule has 0 aromatic rings. The molecule has 2 saturated heterocycles. The van der Waals surface area contributed by atoms with E-state index in [1.165, 1.54) is 0 Å². The first kappa shape index (κ1) is 10.5. The van der Waals surface area contributed by atoms with Crippen LogP contribution in [-0.4, -0.2) is 46.3 Å². The molecular weight excluding hydrogens is 192 g/mol. The Balaban J connectivity index is 2.29. The van der Waals surface area contributed by atoms with Crippen molar-refractivity contribution in [1.29, 1.82) is 0 Å². The van der Waals surface area contributed by atoms with Crippen LogP contribution in [0.1, 0.15) is 33.6 Å². The second kappa shape index (κ2) is 3.51. The maximum Gasteiger partial charge on any atom is 0.246 e. The van der Waals surface area contributed by atoms with Crippen molar-refractivity contribution in [3.05, 3.63) is 0 Å². The molecule has 0 aliphatic carbocycles. The normalized spacial score (nSPS) is 31.5. The van der Waals surface area contributed by atoms with Gasteiger partial charge in [0.25, 0.3) is 0 Å². The predicted molar refractivity (Wildman–Crippen MR) is 56.2 cm³/mol. The summed E-state index contributed by atoms with van der Waals surface area (Å²) < 4.78 is 0. The van der Waals surface area contributed by atoms with Gasteiger partial charge in [-0.05, 0) is 33.6 Å². The number of carbonyl (C=O) groups excluding carboxylic acids is 2. The summed E-state index contributed by atoms with van der Waals surface area (Å²) in [6, 6.07) is -0.345. The van der Waals surface area contributed by atoms with E-state index < -0.39 is 0 Å². The second-order valence-electron chi connectivity index (χ2n) is 4.70. The van der Waals surface area contributed by atoms with E-state index in [2.05, 4.69) is 0 Å². The van der Waals surface area contributed by atoms with Crippen molar-refractivity contribution in [3.63, 3.8) is 0 Å². The number of hydrogen-bond acceptors (Lipinski definition) is 2. The largest absolute Gasteiger partial charge is 0.329 e. The molecule has 2 atom stereocenters. The van der Waals surface area contributed by atoms with Gasteiger partial charge in [0.2, 0.25) is 11.8 Å². The van der Waals surface area contributed by atoms with Gasteiger partial charge in [0.15, 0.2) is 0 Å². The first-order chi connectivity index (χ1) is 7.04. The number of piperazine rings is 1. The van der Waals surface area contributed by atoms with E-state index in [-0.39, 0.29) is 29.9 Å². The smallest absolute Gasteiger partial charge is 0.246 e. The third-order valence-electron chi connectivity index (χ3n) is 3.41. The number of hydrogen-bond donors (Lipinski definition) is 0. The summed E-state index contributed by atoms with van der Waals surface area (Å²) in [5.74, 6) is 0.250. The van der Waals surface area contributed by atoms with Gasteiger partial charge in [0.05, 0.1) is 0 Å². The SMILES string of the molecule is CC(C)N1C(=O)C2CCCN2C(=O)C1C. The molecule has 0 saturated carbocycles.